The van der Waals surface area contributed by atoms with Gasteiger partial charge in [-0.1, -0.05) is 12.1 Å². The summed E-state index contributed by atoms with van der Waals surface area (Å²) in [6, 6.07) is 6.63. The van der Waals surface area contributed by atoms with Crippen LogP contribution in [0.4, 0.5) is 0 Å². The second-order valence-electron chi connectivity index (χ2n) is 4.71. The molecule has 0 aliphatic carbocycles. The highest BCUT2D eigenvalue weighted by Gasteiger charge is 2.35. The number of hydrogen-bond acceptors (Lipinski definition) is 7. The molecule has 1 aromatic rings. The second kappa shape index (κ2) is 8.77. The average Bonchev–Trinajstić information content (AvgIpc) is 2.56. The minimum absolute atomic E-state index is 0.271. The van der Waals surface area contributed by atoms with Crippen molar-refractivity contribution in [1.29, 1.82) is 0 Å². The first-order valence-electron chi connectivity index (χ1n) is 6.88. The number of benzene rings is 1. The van der Waals surface area contributed by atoms with E-state index in [0.29, 0.717) is 11.3 Å². The minimum Gasteiger partial charge on any atom is -0.497 e. The van der Waals surface area contributed by atoms with Crippen LogP contribution in [0.1, 0.15) is 25.0 Å². The molecule has 126 valence electrons. The molecule has 0 saturated heterocycles. The highest BCUT2D eigenvalue weighted by atomic mass is 16.6. The molecule has 0 N–H and O–H groups in total. The van der Waals surface area contributed by atoms with Gasteiger partial charge < -0.3 is 18.9 Å². The molecule has 0 bridgehead atoms. The van der Waals surface area contributed by atoms with Crippen molar-refractivity contribution < 1.29 is 33.3 Å². The molecule has 0 amide bonds. The third-order valence-corrected chi connectivity index (χ3v) is 3.22. The number of carbonyl (C=O) groups is 3. The first-order chi connectivity index (χ1) is 10.9. The Morgan fingerprint density at radius 3 is 2.04 bits per heavy atom. The van der Waals surface area contributed by atoms with E-state index in [4.69, 9.17) is 14.2 Å². The number of ether oxygens (including phenoxy) is 4. The van der Waals surface area contributed by atoms with Gasteiger partial charge in [0.2, 0.25) is 0 Å². The van der Waals surface area contributed by atoms with Crippen LogP contribution in [0.3, 0.4) is 0 Å². The average molecular weight is 324 g/mol. The normalized spacial score (nSPS) is 12.7. The summed E-state index contributed by atoms with van der Waals surface area (Å²) in [5.41, 5.74) is 0.542. The number of esters is 3. The molecule has 0 aliphatic rings. The smallest absolute Gasteiger partial charge is 0.313 e. The van der Waals surface area contributed by atoms with Crippen LogP contribution in [0.5, 0.6) is 5.75 Å². The van der Waals surface area contributed by atoms with Crippen molar-refractivity contribution in [2.24, 2.45) is 5.92 Å². The zero-order valence-electron chi connectivity index (χ0n) is 13.5. The zero-order valence-corrected chi connectivity index (χ0v) is 13.5. The molecule has 7 nitrogen and oxygen atoms in total. The van der Waals surface area contributed by atoms with E-state index in [0.717, 1.165) is 0 Å². The Hall–Kier alpha value is -2.57. The Bertz CT molecular complexity index is 550. The maximum Gasteiger partial charge on any atom is 0.313 e. The Morgan fingerprint density at radius 2 is 1.61 bits per heavy atom. The molecule has 1 aromatic carbocycles. The second-order valence-corrected chi connectivity index (χ2v) is 4.71. The van der Waals surface area contributed by atoms with Gasteiger partial charge in [0.25, 0.3) is 0 Å². The van der Waals surface area contributed by atoms with Crippen molar-refractivity contribution in [2.45, 2.75) is 19.4 Å². The van der Waals surface area contributed by atoms with Gasteiger partial charge in [-0.05, 0) is 17.7 Å². The highest BCUT2D eigenvalue weighted by molar-refractivity contribution is 5.81. The van der Waals surface area contributed by atoms with Gasteiger partial charge in [0, 0.05) is 6.92 Å². The van der Waals surface area contributed by atoms with Crippen LogP contribution < -0.4 is 4.74 Å². The van der Waals surface area contributed by atoms with Gasteiger partial charge in [0.1, 0.15) is 17.8 Å². The standard InChI is InChI=1S/C16H20O7/c1-10(17)23-15(11-5-7-12(20-2)8-6-11)13(16(19)22-4)9-14(18)21-3/h5-8,13,15H,9H2,1-4H3/t13-,15-/m1/s1. The summed E-state index contributed by atoms with van der Waals surface area (Å²) in [4.78, 5) is 35.0. The molecule has 1 rings (SSSR count). The molecule has 0 spiro atoms. The Balaban J connectivity index is 3.18. The fourth-order valence-electron chi connectivity index (χ4n) is 2.08. The topological polar surface area (TPSA) is 88.1 Å². The summed E-state index contributed by atoms with van der Waals surface area (Å²) >= 11 is 0. The summed E-state index contributed by atoms with van der Waals surface area (Å²) < 4.78 is 19.6. The molecule has 7 heteroatoms. The van der Waals surface area contributed by atoms with Crippen LogP contribution >= 0.6 is 0 Å². The van der Waals surface area contributed by atoms with Crippen molar-refractivity contribution >= 4 is 17.9 Å². The first kappa shape index (κ1) is 18.5. The van der Waals surface area contributed by atoms with Crippen LogP contribution in [0, 0.1) is 5.92 Å². The lowest BCUT2D eigenvalue weighted by Crippen LogP contribution is -2.29. The SMILES string of the molecule is COC(=O)C[C@@H](C(=O)OC)[C@H](OC(C)=O)c1ccc(OC)cc1. The minimum atomic E-state index is -1.01. The molecule has 0 aliphatic heterocycles. The number of rotatable bonds is 7. The fourth-order valence-corrected chi connectivity index (χ4v) is 2.08. The van der Waals surface area contributed by atoms with Gasteiger partial charge in [-0.15, -0.1) is 0 Å². The summed E-state index contributed by atoms with van der Waals surface area (Å²) in [5.74, 6) is -2.25. The molecule has 0 saturated carbocycles. The van der Waals surface area contributed by atoms with E-state index in [2.05, 4.69) is 4.74 Å². The molecule has 0 fully saturated rings. The van der Waals surface area contributed by atoms with Crippen LogP contribution in [0.25, 0.3) is 0 Å². The molecular weight excluding hydrogens is 304 g/mol. The molecular formula is C16H20O7. The van der Waals surface area contributed by atoms with E-state index >= 15 is 0 Å². The van der Waals surface area contributed by atoms with Crippen LogP contribution in [-0.4, -0.2) is 39.2 Å². The van der Waals surface area contributed by atoms with Crippen LogP contribution in [-0.2, 0) is 28.6 Å². The number of carbonyl (C=O) groups excluding carboxylic acids is 3. The maximum absolute atomic E-state index is 12.0. The lowest BCUT2D eigenvalue weighted by atomic mass is 9.92. The van der Waals surface area contributed by atoms with E-state index in [9.17, 15) is 14.4 Å². The largest absolute Gasteiger partial charge is 0.497 e. The van der Waals surface area contributed by atoms with Gasteiger partial charge in [-0.2, -0.15) is 0 Å². The number of hydrogen-bond donors (Lipinski definition) is 0. The summed E-state index contributed by atoms with van der Waals surface area (Å²) in [5, 5.41) is 0. The molecule has 0 radical (unpaired) electrons. The van der Waals surface area contributed by atoms with Crippen molar-refractivity contribution in [1.82, 2.24) is 0 Å². The highest BCUT2D eigenvalue weighted by Crippen LogP contribution is 2.31. The Labute approximate surface area is 134 Å². The van der Waals surface area contributed by atoms with E-state index in [1.807, 2.05) is 0 Å². The van der Waals surface area contributed by atoms with Gasteiger partial charge in [-0.3, -0.25) is 14.4 Å². The quantitative estimate of drug-likeness (QED) is 0.556. The Morgan fingerprint density at radius 1 is 1.00 bits per heavy atom. The molecule has 0 unspecified atom stereocenters. The third kappa shape index (κ3) is 5.28. The molecule has 0 heterocycles. The van der Waals surface area contributed by atoms with Gasteiger partial charge in [0.05, 0.1) is 27.8 Å². The summed E-state index contributed by atoms with van der Waals surface area (Å²) in [6.07, 6.45) is -1.24. The maximum atomic E-state index is 12.0. The van der Waals surface area contributed by atoms with Gasteiger partial charge >= 0.3 is 17.9 Å². The van der Waals surface area contributed by atoms with Crippen LogP contribution in [0.2, 0.25) is 0 Å². The predicted molar refractivity (Wildman–Crippen MR) is 79.6 cm³/mol. The van der Waals surface area contributed by atoms with Crippen LogP contribution in [0.15, 0.2) is 24.3 Å². The Kier molecular flexibility index (Phi) is 7.05. The van der Waals surface area contributed by atoms with Crippen molar-refractivity contribution in [3.8, 4) is 5.75 Å². The van der Waals surface area contributed by atoms with Gasteiger partial charge in [-0.25, -0.2) is 0 Å². The predicted octanol–water partition coefficient (Wildman–Crippen LogP) is 1.65. The van der Waals surface area contributed by atoms with E-state index in [-0.39, 0.29) is 6.42 Å². The van der Waals surface area contributed by atoms with Gasteiger partial charge in [0.15, 0.2) is 0 Å². The number of methoxy groups -OCH3 is 3. The van der Waals surface area contributed by atoms with E-state index in [1.165, 1.54) is 28.3 Å². The summed E-state index contributed by atoms with van der Waals surface area (Å²) in [6.45, 7) is 1.23. The van der Waals surface area contributed by atoms with E-state index in [1.54, 1.807) is 24.3 Å². The zero-order chi connectivity index (χ0) is 17.4. The lowest BCUT2D eigenvalue weighted by Gasteiger charge is -2.24. The lowest BCUT2D eigenvalue weighted by molar-refractivity contribution is -0.164. The molecule has 2 atom stereocenters. The van der Waals surface area contributed by atoms with E-state index < -0.39 is 29.9 Å². The van der Waals surface area contributed by atoms with Crippen molar-refractivity contribution in [3.63, 3.8) is 0 Å². The first-order valence-corrected chi connectivity index (χ1v) is 6.88. The van der Waals surface area contributed by atoms with Crippen molar-refractivity contribution in [2.75, 3.05) is 21.3 Å². The monoisotopic (exact) mass is 324 g/mol. The molecule has 23 heavy (non-hydrogen) atoms. The van der Waals surface area contributed by atoms with Crippen molar-refractivity contribution in [3.05, 3.63) is 29.8 Å². The molecule has 0 aromatic heterocycles. The fraction of sp³-hybridized carbons (Fsp3) is 0.438. The summed E-state index contributed by atoms with van der Waals surface area (Å²) in [7, 11) is 3.93. The third-order valence-electron chi connectivity index (χ3n) is 3.22.